The van der Waals surface area contributed by atoms with Gasteiger partial charge in [-0.25, -0.2) is 0 Å². The number of aliphatic hydroxyl groups is 1. The lowest BCUT2D eigenvalue weighted by Gasteiger charge is -2.40. The van der Waals surface area contributed by atoms with Crippen LogP contribution in [0.4, 0.5) is 5.69 Å². The van der Waals surface area contributed by atoms with E-state index in [2.05, 4.69) is 10.3 Å². The Morgan fingerprint density at radius 3 is 2.55 bits per heavy atom. The van der Waals surface area contributed by atoms with Crippen LogP contribution in [0, 0.1) is 0 Å². The smallest absolute Gasteiger partial charge is 0.257 e. The van der Waals surface area contributed by atoms with Gasteiger partial charge in [0.25, 0.3) is 5.91 Å². The Bertz CT molecular complexity index is 1030. The maximum Gasteiger partial charge on any atom is 0.257 e. The number of amides is 2. The minimum Gasteiger partial charge on any atom is -0.394 e. The van der Waals surface area contributed by atoms with E-state index in [1.165, 1.54) is 6.20 Å². The van der Waals surface area contributed by atoms with E-state index in [1.807, 2.05) is 42.5 Å². The standard InChI is InChI=1S/C24H23N3O4/c28-15-21-23(31-16-22(29)27(21)14-17-5-2-1-3-6-17)18-8-10-20(11-9-18)26-24(30)19-7-4-12-25-13-19/h1-13,21,23,28H,14-16H2,(H,26,30)/t21-,23-/m1/s1. The van der Waals surface area contributed by atoms with Crippen molar-refractivity contribution >= 4 is 17.5 Å². The Kier molecular flexibility index (Phi) is 6.35. The predicted octanol–water partition coefficient (Wildman–Crippen LogP) is 2.79. The summed E-state index contributed by atoms with van der Waals surface area (Å²) in [7, 11) is 0. The van der Waals surface area contributed by atoms with Crippen molar-refractivity contribution in [2.45, 2.75) is 18.7 Å². The number of carbonyl (C=O) groups is 2. The van der Waals surface area contributed by atoms with Crippen LogP contribution in [0.2, 0.25) is 0 Å². The Hall–Kier alpha value is -3.55. The molecule has 2 aromatic carbocycles. The lowest BCUT2D eigenvalue weighted by Crippen LogP contribution is -2.52. The van der Waals surface area contributed by atoms with Crippen molar-refractivity contribution < 1.29 is 19.4 Å². The van der Waals surface area contributed by atoms with Crippen molar-refractivity contribution in [3.8, 4) is 0 Å². The van der Waals surface area contributed by atoms with Crippen molar-refractivity contribution in [1.82, 2.24) is 9.88 Å². The third-order valence-electron chi connectivity index (χ3n) is 5.26. The lowest BCUT2D eigenvalue weighted by atomic mass is 9.98. The first-order valence-electron chi connectivity index (χ1n) is 10.0. The number of benzene rings is 2. The quantitative estimate of drug-likeness (QED) is 0.644. The fourth-order valence-electron chi connectivity index (χ4n) is 3.66. The molecule has 0 unspecified atom stereocenters. The Morgan fingerprint density at radius 1 is 1.10 bits per heavy atom. The molecular weight excluding hydrogens is 394 g/mol. The Balaban J connectivity index is 1.48. The number of carbonyl (C=O) groups excluding carboxylic acids is 2. The second kappa shape index (κ2) is 9.51. The third-order valence-corrected chi connectivity index (χ3v) is 5.26. The van der Waals surface area contributed by atoms with Crippen molar-refractivity contribution in [3.63, 3.8) is 0 Å². The summed E-state index contributed by atoms with van der Waals surface area (Å²) in [5.74, 6) is -0.401. The number of nitrogens with one attached hydrogen (secondary N) is 1. The van der Waals surface area contributed by atoms with Gasteiger partial charge in [-0.2, -0.15) is 0 Å². The number of anilines is 1. The molecule has 31 heavy (non-hydrogen) atoms. The van der Waals surface area contributed by atoms with E-state index in [0.29, 0.717) is 17.8 Å². The number of hydrogen-bond donors (Lipinski definition) is 2. The van der Waals surface area contributed by atoms with E-state index < -0.39 is 12.1 Å². The molecule has 3 aromatic rings. The molecule has 7 heteroatoms. The normalized spacial score (nSPS) is 18.6. The molecule has 1 aliphatic heterocycles. The number of nitrogens with zero attached hydrogens (tertiary/aromatic N) is 2. The molecule has 2 N–H and O–H groups in total. The van der Waals surface area contributed by atoms with E-state index in [9.17, 15) is 14.7 Å². The molecule has 0 spiro atoms. The zero-order chi connectivity index (χ0) is 21.6. The fraction of sp³-hybridized carbons (Fsp3) is 0.208. The van der Waals surface area contributed by atoms with Crippen molar-refractivity contribution in [2.75, 3.05) is 18.5 Å². The van der Waals surface area contributed by atoms with E-state index in [-0.39, 0.29) is 25.0 Å². The molecule has 4 rings (SSSR count). The predicted molar refractivity (Wildman–Crippen MR) is 115 cm³/mol. The number of aromatic nitrogens is 1. The molecule has 158 valence electrons. The van der Waals surface area contributed by atoms with Gasteiger partial charge in [0.15, 0.2) is 0 Å². The molecular formula is C24H23N3O4. The SMILES string of the molecule is O=C(Nc1ccc([C@H]2OCC(=O)N(Cc3ccccc3)[C@@H]2CO)cc1)c1cccnc1. The number of morpholine rings is 1. The van der Waals surface area contributed by atoms with Gasteiger partial charge in [0.1, 0.15) is 12.7 Å². The number of ether oxygens (including phenoxy) is 1. The van der Waals surface area contributed by atoms with Crippen LogP contribution in [-0.2, 0) is 16.1 Å². The lowest BCUT2D eigenvalue weighted by molar-refractivity contribution is -0.162. The van der Waals surface area contributed by atoms with E-state index in [4.69, 9.17) is 4.74 Å². The van der Waals surface area contributed by atoms with Crippen LogP contribution in [-0.4, -0.2) is 46.1 Å². The monoisotopic (exact) mass is 417 g/mol. The molecule has 1 fully saturated rings. The maximum absolute atomic E-state index is 12.5. The highest BCUT2D eigenvalue weighted by atomic mass is 16.5. The van der Waals surface area contributed by atoms with Crippen LogP contribution in [0.5, 0.6) is 0 Å². The van der Waals surface area contributed by atoms with Gasteiger partial charge >= 0.3 is 0 Å². The zero-order valence-electron chi connectivity index (χ0n) is 16.8. The summed E-state index contributed by atoms with van der Waals surface area (Å²) < 4.78 is 5.79. The summed E-state index contributed by atoms with van der Waals surface area (Å²) in [6.45, 7) is 0.139. The number of rotatable bonds is 6. The van der Waals surface area contributed by atoms with Gasteiger partial charge in [-0.15, -0.1) is 0 Å². The van der Waals surface area contributed by atoms with Crippen LogP contribution in [0.1, 0.15) is 27.6 Å². The van der Waals surface area contributed by atoms with Gasteiger partial charge in [0, 0.05) is 24.6 Å². The van der Waals surface area contributed by atoms with Crippen LogP contribution in [0.3, 0.4) is 0 Å². The molecule has 1 saturated heterocycles. The minimum absolute atomic E-state index is 0.0481. The summed E-state index contributed by atoms with van der Waals surface area (Å²) in [6, 6.07) is 19.8. The van der Waals surface area contributed by atoms with Crippen LogP contribution < -0.4 is 5.32 Å². The van der Waals surface area contributed by atoms with Crippen molar-refractivity contribution in [3.05, 3.63) is 95.8 Å². The molecule has 0 saturated carbocycles. The summed E-state index contributed by atoms with van der Waals surface area (Å²) in [4.78, 5) is 30.4. The minimum atomic E-state index is -0.503. The zero-order valence-corrected chi connectivity index (χ0v) is 16.8. The van der Waals surface area contributed by atoms with Gasteiger partial charge in [-0.3, -0.25) is 14.6 Å². The van der Waals surface area contributed by atoms with Gasteiger partial charge in [-0.05, 0) is 35.4 Å². The van der Waals surface area contributed by atoms with Crippen molar-refractivity contribution in [1.29, 1.82) is 0 Å². The maximum atomic E-state index is 12.5. The Morgan fingerprint density at radius 2 is 1.87 bits per heavy atom. The van der Waals surface area contributed by atoms with Gasteiger partial charge in [0.05, 0.1) is 18.2 Å². The third kappa shape index (κ3) is 4.79. The van der Waals surface area contributed by atoms with E-state index >= 15 is 0 Å². The summed E-state index contributed by atoms with van der Waals surface area (Å²) >= 11 is 0. The molecule has 2 heterocycles. The van der Waals surface area contributed by atoms with Crippen LogP contribution >= 0.6 is 0 Å². The molecule has 0 radical (unpaired) electrons. The molecule has 2 atom stereocenters. The molecule has 1 aliphatic rings. The summed E-state index contributed by atoms with van der Waals surface area (Å²) in [5.41, 5.74) is 2.91. The second-order valence-electron chi connectivity index (χ2n) is 7.31. The highest BCUT2D eigenvalue weighted by molar-refractivity contribution is 6.04. The van der Waals surface area contributed by atoms with E-state index in [1.54, 1.807) is 35.4 Å². The van der Waals surface area contributed by atoms with Crippen LogP contribution in [0.15, 0.2) is 79.1 Å². The number of pyridine rings is 1. The summed E-state index contributed by atoms with van der Waals surface area (Å²) in [6.07, 6.45) is 2.65. The van der Waals surface area contributed by atoms with Gasteiger partial charge < -0.3 is 20.1 Å². The second-order valence-corrected chi connectivity index (χ2v) is 7.31. The molecule has 7 nitrogen and oxygen atoms in total. The topological polar surface area (TPSA) is 91.8 Å². The first-order valence-corrected chi connectivity index (χ1v) is 10.0. The van der Waals surface area contributed by atoms with Gasteiger partial charge in [-0.1, -0.05) is 42.5 Å². The highest BCUT2D eigenvalue weighted by Gasteiger charge is 2.37. The molecule has 1 aromatic heterocycles. The van der Waals surface area contributed by atoms with Gasteiger partial charge in [0.2, 0.25) is 5.91 Å². The van der Waals surface area contributed by atoms with Crippen molar-refractivity contribution in [2.24, 2.45) is 0 Å². The number of aliphatic hydroxyl groups excluding tert-OH is 1. The Labute approximate surface area is 180 Å². The first kappa shape index (κ1) is 20.7. The largest absolute Gasteiger partial charge is 0.394 e. The molecule has 0 bridgehead atoms. The average Bonchev–Trinajstić information content (AvgIpc) is 2.82. The summed E-state index contributed by atoms with van der Waals surface area (Å²) in [5, 5.41) is 12.9. The van der Waals surface area contributed by atoms with E-state index in [0.717, 1.165) is 11.1 Å². The fourth-order valence-corrected chi connectivity index (χ4v) is 3.66. The average molecular weight is 417 g/mol. The molecule has 2 amide bonds. The number of hydrogen-bond acceptors (Lipinski definition) is 5. The first-order chi connectivity index (χ1) is 15.2. The van der Waals surface area contributed by atoms with Crippen LogP contribution in [0.25, 0.3) is 0 Å². The highest BCUT2D eigenvalue weighted by Crippen LogP contribution is 2.31. The molecule has 0 aliphatic carbocycles.